The number of hydrogen-bond donors (Lipinski definition) is 5. The molecule has 1 saturated heterocycles. The number of rotatable bonds is 11. The van der Waals surface area contributed by atoms with E-state index in [1.807, 2.05) is 72.8 Å². The highest BCUT2D eigenvalue weighted by Gasteiger charge is 2.43. The van der Waals surface area contributed by atoms with Gasteiger partial charge in [0.05, 0.1) is 31.3 Å². The van der Waals surface area contributed by atoms with Gasteiger partial charge in [-0.3, -0.25) is 4.79 Å². The maximum atomic E-state index is 14.1. The molecule has 19 heteroatoms. The first-order valence-electron chi connectivity index (χ1n) is 30.2. The SMILES string of the molecule is CC[C@H]1C(O)CC(=O)[C@H](F)[C@@H]1C.CC[C@H]1C=C[C@@H](C)[C@H](F)[C@@H]1C.CC[C@H]1C=C[C@H](O)[C@H](F)[C@@H]1C.CC[C@H]1[C@@H](OC)O[C@H](CI)[C@H](F)[C@@H]1C.[2H]C[C@H]1C=C[C@@H](C)[C@H](F)[C@@H]1O.[2H]C[C@H]1C=C[C@@H](C)[C@H](F)[C@@H]1OP(C)OCCC#N.[3H]OC.[3H]OC. The largest absolute Gasteiger partial charge is 0.400 e. The molecule has 0 aromatic carbocycles. The highest BCUT2D eigenvalue weighted by Crippen LogP contribution is 2.42. The third-order valence-corrected chi connectivity index (χ3v) is 17.8. The Morgan fingerprint density at radius 1 is 0.709 bits per heavy atom. The van der Waals surface area contributed by atoms with Crippen LogP contribution in [-0.2, 0) is 23.3 Å². The maximum absolute atomic E-state index is 14.1. The number of nitrogens with zero attached hydrogens (tertiary/aromatic N) is 1. The van der Waals surface area contributed by atoms with Crippen LogP contribution in [0.3, 0.4) is 0 Å². The van der Waals surface area contributed by atoms with Gasteiger partial charge in [-0.1, -0.05) is 168 Å². The predicted octanol–water partition coefficient (Wildman–Crippen LogP) is 13.4. The Morgan fingerprint density at radius 2 is 1.19 bits per heavy atom. The number of ketones is 1. The lowest BCUT2D eigenvalue weighted by molar-refractivity contribution is -0.239. The summed E-state index contributed by atoms with van der Waals surface area (Å²) in [5.41, 5.74) is 0. The first-order valence-corrected chi connectivity index (χ1v) is 31.2. The zero-order valence-electron chi connectivity index (χ0n) is 53.9. The number of methoxy groups -OCH3 is 1. The summed E-state index contributed by atoms with van der Waals surface area (Å²) in [6.45, 7) is 23.3. The second-order valence-electron chi connectivity index (χ2n) is 21.2. The van der Waals surface area contributed by atoms with Gasteiger partial charge in [0.25, 0.3) is 0 Å². The quantitative estimate of drug-likeness (QED) is 0.0332. The average molecular weight is 1280 g/mol. The second kappa shape index (κ2) is 43.2. The fourth-order valence-corrected chi connectivity index (χ4v) is 11.9. The number of hydrogen-bond acceptors (Lipinski definition) is 11. The number of carbonyl (C=O) groups excluding carboxylic acids is 1. The molecule has 5 N–H and O–H groups in total. The smallest absolute Gasteiger partial charge is 0.210 e. The van der Waals surface area contributed by atoms with Crippen molar-refractivity contribution in [3.05, 3.63) is 48.6 Å². The summed E-state index contributed by atoms with van der Waals surface area (Å²) < 4.78 is 129. The third kappa shape index (κ3) is 26.1. The van der Waals surface area contributed by atoms with Crippen LogP contribution in [0.25, 0.3) is 0 Å². The van der Waals surface area contributed by atoms with Gasteiger partial charge in [0.15, 0.2) is 26.6 Å². The summed E-state index contributed by atoms with van der Waals surface area (Å²) in [7, 11) is 3.01. The van der Waals surface area contributed by atoms with Crippen LogP contribution >= 0.6 is 31.0 Å². The molecular weight excluding hydrogens is 1170 g/mol. The van der Waals surface area contributed by atoms with E-state index in [-0.39, 0.29) is 97.7 Å². The Hall–Kier alpha value is -1.50. The Bertz CT molecular complexity index is 1760. The number of aliphatic hydroxyl groups is 5. The van der Waals surface area contributed by atoms with Crippen molar-refractivity contribution < 1.29 is 77.9 Å². The fourth-order valence-electron chi connectivity index (χ4n) is 10.2. The van der Waals surface area contributed by atoms with Crippen molar-refractivity contribution in [1.82, 2.24) is 0 Å². The van der Waals surface area contributed by atoms with Crippen molar-refractivity contribution in [1.29, 1.82) is 8.12 Å². The zero-order chi connectivity index (χ0) is 64.3. The van der Waals surface area contributed by atoms with E-state index in [0.29, 0.717) is 29.3 Å². The molecular formula is C60H105F6INO10P. The van der Waals surface area contributed by atoms with E-state index in [1.54, 1.807) is 58.8 Å². The summed E-state index contributed by atoms with van der Waals surface area (Å²) in [6.07, 6.45) is 8.85. The molecule has 26 atom stereocenters. The fraction of sp³-hybridized carbons (Fsp3) is 0.833. The molecule has 0 aromatic rings. The second-order valence-corrected chi connectivity index (χ2v) is 23.4. The first kappa shape index (κ1) is 71.8. The van der Waals surface area contributed by atoms with E-state index >= 15 is 0 Å². The molecule has 2 unspecified atom stereocenters. The van der Waals surface area contributed by atoms with E-state index in [0.717, 1.165) is 25.7 Å². The van der Waals surface area contributed by atoms with Crippen molar-refractivity contribution in [3.8, 4) is 6.07 Å². The lowest BCUT2D eigenvalue weighted by Gasteiger charge is -2.41. The first-order chi connectivity index (χ1) is 39.1. The van der Waals surface area contributed by atoms with Crippen molar-refractivity contribution >= 4 is 36.7 Å². The summed E-state index contributed by atoms with van der Waals surface area (Å²) in [5.74, 6) is -0.534. The number of halogens is 7. The van der Waals surface area contributed by atoms with Gasteiger partial charge in [0.2, 0.25) is 2.86 Å². The van der Waals surface area contributed by atoms with E-state index < -0.39 is 75.6 Å². The van der Waals surface area contributed by atoms with Gasteiger partial charge in [-0.15, -0.1) is 0 Å². The topological polar surface area (TPSA) is 179 Å². The van der Waals surface area contributed by atoms with Crippen LogP contribution < -0.4 is 0 Å². The molecule has 464 valence electrons. The Labute approximate surface area is 493 Å². The number of carbonyl (C=O) groups is 1. The molecule has 6 aliphatic rings. The van der Waals surface area contributed by atoms with Crippen molar-refractivity contribution in [2.75, 3.05) is 39.0 Å². The van der Waals surface area contributed by atoms with Gasteiger partial charge in [0, 0.05) is 77.1 Å². The number of aliphatic hydroxyl groups excluding tert-OH is 5. The highest BCUT2D eigenvalue weighted by molar-refractivity contribution is 14.1. The number of alkyl halides is 7. The summed E-state index contributed by atoms with van der Waals surface area (Å²) in [4.78, 5) is 10.9. The normalized spacial score (nSPS) is 40.9. The van der Waals surface area contributed by atoms with E-state index in [1.165, 1.54) is 14.2 Å². The number of Topliss-reactive ketones (excluding diaryl/α,β-unsaturated/α-hetero) is 1. The molecule has 0 spiro atoms. The Balaban J connectivity index is 0. The minimum absolute atomic E-state index is 0.00991. The molecule has 79 heavy (non-hydrogen) atoms. The Morgan fingerprint density at radius 3 is 1.68 bits per heavy atom. The molecule has 1 aliphatic heterocycles. The highest BCUT2D eigenvalue weighted by atomic mass is 127. The molecule has 6 rings (SSSR count). The van der Waals surface area contributed by atoms with Crippen LogP contribution in [0.1, 0.15) is 131 Å². The average Bonchev–Trinajstić information content (AvgIpc) is 3.53. The van der Waals surface area contributed by atoms with Crippen LogP contribution in [0.2, 0.25) is 0 Å². The molecule has 2 fully saturated rings. The minimum atomic E-state index is -1.36. The van der Waals surface area contributed by atoms with Crippen LogP contribution in [0.5, 0.6) is 0 Å². The van der Waals surface area contributed by atoms with Gasteiger partial charge in [-0.25, -0.2) is 26.3 Å². The zero-order valence-corrected chi connectivity index (χ0v) is 52.9. The molecule has 1 saturated carbocycles. The lowest BCUT2D eigenvalue weighted by Crippen LogP contribution is -2.49. The van der Waals surface area contributed by atoms with Gasteiger partial charge in [-0.2, -0.15) is 5.26 Å². The standard InChI is InChI=1S/C12H19FNO2P.C10H18FIO2.C10H17F.C9H15FO2.C9H15FO.C8H13FO.2CH4O/c1-9-5-6-10(2)12(11(9)13)16-17(3)15-8-4-7-14;1-4-7-6(2)9(11)8(5-12)14-10(7)13-3;1-4-9-6-5-7(2)10(11)8(9)3;1-3-6-5(2)9(10)8(12)4-7(6)11;1-3-7-4-5-8(11)9(10)6(7)2;1-5-3-4-6(2)8(10)7(5)9;2*1-2/h5-6,9-12H,4,8H2,1-3H3;6-10H,4-5H2,1-3H3;5-10H,4H2,1-3H3;5-7,9,11H,3-4H2,1-2H3;4-9,11H,3H2,1-2H3;3-8,10H,1-2H3;2*2H,1H3/t9-,10+,11+,12-,17?;6-,7-,8-,9-,10+;7-,8-,9+,10+;5-,6-,7?,9-;6-,7+,8+,9-;5-,6+,7+,8-;;/m111111../s1/i2D;;;;;2D;2*2T. The molecule has 11 nitrogen and oxygen atoms in total. The lowest BCUT2D eigenvalue weighted by atomic mass is 9.75. The van der Waals surface area contributed by atoms with Gasteiger partial charge in [0.1, 0.15) is 49.2 Å². The Kier molecular flexibility index (Phi) is 39.2. The van der Waals surface area contributed by atoms with Crippen LogP contribution in [0, 0.1) is 88.3 Å². The number of allylic oxidation sites excluding steroid dienone is 5. The monoisotopic (exact) mass is 1280 g/mol. The maximum Gasteiger partial charge on any atom is 0.210 e. The number of ether oxygens (including phenoxy) is 2. The van der Waals surface area contributed by atoms with Crippen molar-refractivity contribution in [2.45, 2.75) is 202 Å². The molecule has 0 bridgehead atoms. The molecule has 0 aromatic heterocycles. The molecule has 1 heterocycles. The summed E-state index contributed by atoms with van der Waals surface area (Å²) in [5, 5.41) is 43.2. The molecule has 5 aliphatic carbocycles. The van der Waals surface area contributed by atoms with Crippen molar-refractivity contribution in [2.24, 2.45) is 76.9 Å². The minimum Gasteiger partial charge on any atom is -0.400 e. The predicted molar refractivity (Wildman–Crippen MR) is 316 cm³/mol. The van der Waals surface area contributed by atoms with E-state index in [9.17, 15) is 41.4 Å². The summed E-state index contributed by atoms with van der Waals surface area (Å²) >= 11 is 2.16. The van der Waals surface area contributed by atoms with E-state index in [4.69, 9.17) is 34.5 Å². The van der Waals surface area contributed by atoms with E-state index in [2.05, 4.69) is 45.8 Å². The van der Waals surface area contributed by atoms with Gasteiger partial charge >= 0.3 is 0 Å². The van der Waals surface area contributed by atoms with Crippen LogP contribution in [-0.4, -0.2) is 147 Å². The van der Waals surface area contributed by atoms with Crippen LogP contribution in [0.15, 0.2) is 48.6 Å². The summed E-state index contributed by atoms with van der Waals surface area (Å²) in [6, 6.07) is 1.98. The molecule has 0 amide bonds. The van der Waals surface area contributed by atoms with Gasteiger partial charge < -0.3 is 44.1 Å². The third-order valence-electron chi connectivity index (χ3n) is 15.8. The number of nitriles is 1. The van der Waals surface area contributed by atoms with Gasteiger partial charge in [-0.05, 0) is 60.7 Å². The molecule has 0 radical (unpaired) electrons. The van der Waals surface area contributed by atoms with Crippen molar-refractivity contribution in [3.63, 3.8) is 0 Å². The van der Waals surface area contributed by atoms with Crippen LogP contribution in [0.4, 0.5) is 26.3 Å².